The lowest BCUT2D eigenvalue weighted by Crippen LogP contribution is -2.00. The van der Waals surface area contributed by atoms with E-state index in [1.54, 1.807) is 13.3 Å². The summed E-state index contributed by atoms with van der Waals surface area (Å²) in [6, 6.07) is 18.2. The number of fused-ring (bicyclic) bond motifs is 4. The molecule has 3 aromatic carbocycles. The van der Waals surface area contributed by atoms with E-state index < -0.39 is 0 Å². The van der Waals surface area contributed by atoms with Crippen molar-refractivity contribution in [3.63, 3.8) is 0 Å². The first-order valence-corrected chi connectivity index (χ1v) is 9.20. The first-order chi connectivity index (χ1) is 14.2. The molecule has 2 N–H and O–H groups in total. The van der Waals surface area contributed by atoms with Gasteiger partial charge in [0.05, 0.1) is 13.3 Å². The van der Waals surface area contributed by atoms with Crippen LogP contribution in [0.2, 0.25) is 0 Å². The van der Waals surface area contributed by atoms with Crippen LogP contribution >= 0.6 is 0 Å². The molecule has 0 aliphatic heterocycles. The molecule has 2 heterocycles. The number of ether oxygens (including phenoxy) is 1. The molecule has 7 nitrogen and oxygen atoms in total. The molecule has 0 amide bonds. The normalized spacial score (nSPS) is 11.7. The molecule has 0 saturated heterocycles. The van der Waals surface area contributed by atoms with Gasteiger partial charge >= 0.3 is 0 Å². The third-order valence-corrected chi connectivity index (χ3v) is 4.88. The maximum absolute atomic E-state index is 5.49. The fraction of sp³-hybridized carbons (Fsp3) is 0.0909. The minimum Gasteiger partial charge on any atom is -0.496 e. The Morgan fingerprint density at radius 2 is 1.93 bits per heavy atom. The number of hydrogen-bond donors (Lipinski definition) is 2. The van der Waals surface area contributed by atoms with Gasteiger partial charge in [0.15, 0.2) is 5.65 Å². The maximum atomic E-state index is 5.49. The van der Waals surface area contributed by atoms with Crippen molar-refractivity contribution in [3.8, 4) is 5.75 Å². The molecular formula is C22H18N6O. The van der Waals surface area contributed by atoms with Gasteiger partial charge in [0.1, 0.15) is 11.3 Å². The van der Waals surface area contributed by atoms with E-state index in [1.807, 2.05) is 49.4 Å². The summed E-state index contributed by atoms with van der Waals surface area (Å²) in [6.45, 7) is 2.05. The van der Waals surface area contributed by atoms with Gasteiger partial charge < -0.3 is 9.72 Å². The van der Waals surface area contributed by atoms with Crippen LogP contribution in [0.1, 0.15) is 11.1 Å². The number of aromatic nitrogens is 4. The largest absolute Gasteiger partial charge is 0.496 e. The summed E-state index contributed by atoms with van der Waals surface area (Å²) < 4.78 is 5.49. The van der Waals surface area contributed by atoms with E-state index >= 15 is 0 Å². The van der Waals surface area contributed by atoms with Crippen LogP contribution in [-0.2, 0) is 0 Å². The number of nitrogens with zero attached hydrogens (tertiary/aromatic N) is 4. The van der Waals surface area contributed by atoms with E-state index in [2.05, 4.69) is 42.8 Å². The van der Waals surface area contributed by atoms with Crippen molar-refractivity contribution in [2.24, 2.45) is 5.10 Å². The van der Waals surface area contributed by atoms with Gasteiger partial charge in [-0.15, -0.1) is 10.2 Å². The molecule has 0 radical (unpaired) electrons. The summed E-state index contributed by atoms with van der Waals surface area (Å²) >= 11 is 0. The third-order valence-electron chi connectivity index (χ3n) is 4.88. The summed E-state index contributed by atoms with van der Waals surface area (Å²) in [5, 5.41) is 16.0. The van der Waals surface area contributed by atoms with Crippen LogP contribution in [0.3, 0.4) is 0 Å². The Morgan fingerprint density at radius 3 is 2.83 bits per heavy atom. The average Bonchev–Trinajstić information content (AvgIpc) is 3.10. The number of hydrazone groups is 1. The number of methoxy groups -OCH3 is 1. The highest BCUT2D eigenvalue weighted by Crippen LogP contribution is 2.26. The highest BCUT2D eigenvalue weighted by atomic mass is 16.5. The van der Waals surface area contributed by atoms with E-state index in [0.717, 1.165) is 44.1 Å². The smallest absolute Gasteiger partial charge is 0.265 e. The molecule has 5 rings (SSSR count). The maximum Gasteiger partial charge on any atom is 0.265 e. The van der Waals surface area contributed by atoms with Gasteiger partial charge in [-0.05, 0) is 35.9 Å². The number of aryl methyl sites for hydroxylation is 1. The van der Waals surface area contributed by atoms with Gasteiger partial charge in [-0.3, -0.25) is 0 Å². The van der Waals surface area contributed by atoms with Crippen LogP contribution < -0.4 is 10.2 Å². The number of aromatic amines is 1. The summed E-state index contributed by atoms with van der Waals surface area (Å²) in [6.07, 6.45) is 1.71. The van der Waals surface area contributed by atoms with Crippen molar-refractivity contribution < 1.29 is 4.74 Å². The van der Waals surface area contributed by atoms with Crippen LogP contribution in [0.15, 0.2) is 59.7 Å². The molecule has 0 aliphatic carbocycles. The zero-order valence-electron chi connectivity index (χ0n) is 16.0. The Morgan fingerprint density at radius 1 is 1.03 bits per heavy atom. The number of benzene rings is 3. The Bertz CT molecular complexity index is 1390. The Kier molecular flexibility index (Phi) is 4.05. The lowest BCUT2D eigenvalue weighted by molar-refractivity contribution is 0.415. The molecular weight excluding hydrogens is 364 g/mol. The first-order valence-electron chi connectivity index (χ1n) is 9.20. The topological polar surface area (TPSA) is 88.1 Å². The standard InChI is InChI=1S/C22H18N6O/c1-13-7-9-18-16(11-13)20-21(24-18)25-22(28-26-20)27-23-12-17-15-6-4-3-5-14(15)8-10-19(17)29-2/h3-12H,1-2H3,(H2,24,25,27,28)/b23-12+. The summed E-state index contributed by atoms with van der Waals surface area (Å²) in [7, 11) is 1.65. The second kappa shape index (κ2) is 6.87. The SMILES string of the molecule is COc1ccc2ccccc2c1/C=N/Nc1nnc2c(n1)[nH]c1ccc(C)cc12. The Hall–Kier alpha value is -4.00. The number of H-pyrrole nitrogens is 1. The van der Waals surface area contributed by atoms with Crippen LogP contribution in [0, 0.1) is 6.92 Å². The van der Waals surface area contributed by atoms with Gasteiger partial charge in [-0.2, -0.15) is 10.1 Å². The molecule has 0 atom stereocenters. The average molecular weight is 382 g/mol. The molecule has 0 spiro atoms. The Balaban J connectivity index is 1.48. The molecule has 142 valence electrons. The Labute approximate surface area is 166 Å². The zero-order chi connectivity index (χ0) is 19.8. The predicted octanol–water partition coefficient (Wildman–Crippen LogP) is 4.42. The van der Waals surface area contributed by atoms with Gasteiger partial charge in [-0.25, -0.2) is 5.43 Å². The molecule has 2 aromatic heterocycles. The zero-order valence-corrected chi connectivity index (χ0v) is 16.0. The first kappa shape index (κ1) is 17.1. The lowest BCUT2D eigenvalue weighted by atomic mass is 10.0. The fourth-order valence-corrected chi connectivity index (χ4v) is 3.47. The molecule has 7 heteroatoms. The van der Waals surface area contributed by atoms with Crippen LogP contribution in [0.4, 0.5) is 5.95 Å². The summed E-state index contributed by atoms with van der Waals surface area (Å²) in [5.74, 6) is 1.06. The van der Waals surface area contributed by atoms with Gasteiger partial charge in [0.25, 0.3) is 5.95 Å². The molecule has 29 heavy (non-hydrogen) atoms. The number of rotatable bonds is 4. The number of nitrogens with one attached hydrogen (secondary N) is 2. The van der Waals surface area contributed by atoms with Crippen molar-refractivity contribution in [1.82, 2.24) is 20.2 Å². The highest BCUT2D eigenvalue weighted by Gasteiger charge is 2.09. The van der Waals surface area contributed by atoms with Crippen molar-refractivity contribution in [2.45, 2.75) is 6.92 Å². The molecule has 5 aromatic rings. The van der Waals surface area contributed by atoms with Crippen molar-refractivity contribution in [3.05, 3.63) is 65.7 Å². The fourth-order valence-electron chi connectivity index (χ4n) is 3.47. The minimum atomic E-state index is 0.316. The molecule has 0 fully saturated rings. The molecule has 0 aliphatic rings. The van der Waals surface area contributed by atoms with Gasteiger partial charge in [0.2, 0.25) is 0 Å². The van der Waals surface area contributed by atoms with Crippen LogP contribution in [0.5, 0.6) is 5.75 Å². The third kappa shape index (κ3) is 3.02. The van der Waals surface area contributed by atoms with Crippen LogP contribution in [-0.4, -0.2) is 33.5 Å². The van der Waals surface area contributed by atoms with Crippen molar-refractivity contribution in [2.75, 3.05) is 12.5 Å². The van der Waals surface area contributed by atoms with E-state index in [1.165, 1.54) is 0 Å². The predicted molar refractivity (Wildman–Crippen MR) is 116 cm³/mol. The van der Waals surface area contributed by atoms with E-state index in [9.17, 15) is 0 Å². The van der Waals surface area contributed by atoms with Gasteiger partial charge in [-0.1, -0.05) is 42.0 Å². The monoisotopic (exact) mass is 382 g/mol. The quantitative estimate of drug-likeness (QED) is 0.355. The second-order valence-corrected chi connectivity index (χ2v) is 6.78. The van der Waals surface area contributed by atoms with E-state index in [0.29, 0.717) is 11.6 Å². The number of anilines is 1. The second-order valence-electron chi connectivity index (χ2n) is 6.78. The molecule has 0 unspecified atom stereocenters. The van der Waals surface area contributed by atoms with Gasteiger partial charge in [0, 0.05) is 16.5 Å². The van der Waals surface area contributed by atoms with Crippen molar-refractivity contribution >= 4 is 45.0 Å². The van der Waals surface area contributed by atoms with Crippen LogP contribution in [0.25, 0.3) is 32.8 Å². The summed E-state index contributed by atoms with van der Waals surface area (Å²) in [4.78, 5) is 7.76. The van der Waals surface area contributed by atoms with E-state index in [-0.39, 0.29) is 0 Å². The lowest BCUT2D eigenvalue weighted by Gasteiger charge is -2.08. The minimum absolute atomic E-state index is 0.316. The summed E-state index contributed by atoms with van der Waals surface area (Å²) in [5.41, 5.74) is 7.30. The highest BCUT2D eigenvalue weighted by molar-refractivity contribution is 6.04. The van der Waals surface area contributed by atoms with Crippen molar-refractivity contribution in [1.29, 1.82) is 0 Å². The van der Waals surface area contributed by atoms with E-state index in [4.69, 9.17) is 4.74 Å². The number of hydrogen-bond acceptors (Lipinski definition) is 6. The molecule has 0 saturated carbocycles. The molecule has 0 bridgehead atoms.